The van der Waals surface area contributed by atoms with Gasteiger partial charge in [0.2, 0.25) is 0 Å². The quantitative estimate of drug-likeness (QED) is 0.828. The van der Waals surface area contributed by atoms with Crippen molar-refractivity contribution in [1.29, 1.82) is 0 Å². The summed E-state index contributed by atoms with van der Waals surface area (Å²) in [5, 5.41) is 3.26. The highest BCUT2D eigenvalue weighted by Crippen LogP contribution is 2.12. The summed E-state index contributed by atoms with van der Waals surface area (Å²) in [7, 11) is 2.10. The van der Waals surface area contributed by atoms with E-state index in [0.717, 1.165) is 30.9 Å². The van der Waals surface area contributed by atoms with Crippen molar-refractivity contribution in [3.8, 4) is 0 Å². The smallest absolute Gasteiger partial charge is 0.107 e. The standard InChI is InChI=1S/C14H19N3S/c1-4-12-5-6-13(15-7-12)8-17(3)9-14-16-11(2)10-18-14/h5-7,10H,4,8-9H2,1-3H3. The monoisotopic (exact) mass is 261 g/mol. The molecule has 2 rings (SSSR count). The number of aromatic nitrogens is 2. The number of aryl methyl sites for hydroxylation is 2. The third-order valence-corrected chi connectivity index (χ3v) is 3.75. The second-order valence-electron chi connectivity index (χ2n) is 4.57. The molecule has 4 heteroatoms. The van der Waals surface area contributed by atoms with Gasteiger partial charge in [-0.3, -0.25) is 9.88 Å². The molecular formula is C14H19N3S. The number of rotatable bonds is 5. The van der Waals surface area contributed by atoms with Crippen LogP contribution in [-0.2, 0) is 19.5 Å². The van der Waals surface area contributed by atoms with Crippen LogP contribution >= 0.6 is 11.3 Å². The molecule has 0 amide bonds. The average molecular weight is 261 g/mol. The molecule has 0 aliphatic rings. The molecular weight excluding hydrogens is 242 g/mol. The fourth-order valence-corrected chi connectivity index (χ4v) is 2.65. The van der Waals surface area contributed by atoms with Gasteiger partial charge in [0.25, 0.3) is 0 Å². The van der Waals surface area contributed by atoms with Crippen LogP contribution < -0.4 is 0 Å². The van der Waals surface area contributed by atoms with Crippen molar-refractivity contribution >= 4 is 11.3 Å². The number of thiazole rings is 1. The largest absolute Gasteiger partial charge is 0.294 e. The summed E-state index contributed by atoms with van der Waals surface area (Å²) in [6.07, 6.45) is 3.01. The lowest BCUT2D eigenvalue weighted by molar-refractivity contribution is 0.314. The van der Waals surface area contributed by atoms with E-state index >= 15 is 0 Å². The molecule has 0 aliphatic carbocycles. The Morgan fingerprint density at radius 2 is 2.11 bits per heavy atom. The molecule has 0 saturated carbocycles. The minimum Gasteiger partial charge on any atom is -0.294 e. The highest BCUT2D eigenvalue weighted by Gasteiger charge is 2.05. The van der Waals surface area contributed by atoms with E-state index in [1.54, 1.807) is 11.3 Å². The zero-order chi connectivity index (χ0) is 13.0. The van der Waals surface area contributed by atoms with E-state index in [1.807, 2.05) is 13.1 Å². The molecule has 0 fully saturated rings. The van der Waals surface area contributed by atoms with Crippen molar-refractivity contribution < 1.29 is 0 Å². The highest BCUT2D eigenvalue weighted by atomic mass is 32.1. The lowest BCUT2D eigenvalue weighted by Crippen LogP contribution is -2.17. The molecule has 2 heterocycles. The molecule has 2 aromatic heterocycles. The third-order valence-electron chi connectivity index (χ3n) is 2.80. The summed E-state index contributed by atoms with van der Waals surface area (Å²) in [6, 6.07) is 4.27. The van der Waals surface area contributed by atoms with E-state index in [-0.39, 0.29) is 0 Å². The summed E-state index contributed by atoms with van der Waals surface area (Å²) in [5.41, 5.74) is 3.51. The first-order valence-electron chi connectivity index (χ1n) is 6.20. The molecule has 0 bridgehead atoms. The minimum atomic E-state index is 0.864. The molecule has 0 spiro atoms. The van der Waals surface area contributed by atoms with Crippen LogP contribution in [0.4, 0.5) is 0 Å². The molecule has 0 saturated heterocycles. The number of nitrogens with zero attached hydrogens (tertiary/aromatic N) is 3. The molecule has 96 valence electrons. The first-order chi connectivity index (χ1) is 8.67. The van der Waals surface area contributed by atoms with Crippen molar-refractivity contribution in [1.82, 2.24) is 14.9 Å². The summed E-state index contributed by atoms with van der Waals surface area (Å²) < 4.78 is 0. The third kappa shape index (κ3) is 3.62. The molecule has 0 radical (unpaired) electrons. The Balaban J connectivity index is 1.91. The maximum absolute atomic E-state index is 4.48. The predicted molar refractivity (Wildman–Crippen MR) is 75.6 cm³/mol. The Labute approximate surface area is 113 Å². The second-order valence-corrected chi connectivity index (χ2v) is 5.51. The molecule has 0 N–H and O–H groups in total. The van der Waals surface area contributed by atoms with Crippen molar-refractivity contribution in [2.45, 2.75) is 33.4 Å². The molecule has 18 heavy (non-hydrogen) atoms. The van der Waals surface area contributed by atoms with Gasteiger partial charge in [-0.2, -0.15) is 0 Å². The lowest BCUT2D eigenvalue weighted by atomic mass is 10.2. The maximum Gasteiger partial charge on any atom is 0.107 e. The van der Waals surface area contributed by atoms with E-state index in [1.165, 1.54) is 10.6 Å². The SMILES string of the molecule is CCc1ccc(CN(C)Cc2nc(C)cs2)nc1. The van der Waals surface area contributed by atoms with Gasteiger partial charge in [0, 0.05) is 23.8 Å². The van der Waals surface area contributed by atoms with Gasteiger partial charge in [0.15, 0.2) is 0 Å². The van der Waals surface area contributed by atoms with Crippen LogP contribution in [0.15, 0.2) is 23.7 Å². The van der Waals surface area contributed by atoms with E-state index in [4.69, 9.17) is 0 Å². The van der Waals surface area contributed by atoms with Crippen LogP contribution in [0, 0.1) is 6.92 Å². The van der Waals surface area contributed by atoms with E-state index in [2.05, 4.69) is 46.4 Å². The topological polar surface area (TPSA) is 29.0 Å². The fourth-order valence-electron chi connectivity index (χ4n) is 1.80. The van der Waals surface area contributed by atoms with Crippen LogP contribution in [0.3, 0.4) is 0 Å². The average Bonchev–Trinajstić information content (AvgIpc) is 2.75. The zero-order valence-corrected chi connectivity index (χ0v) is 12.0. The molecule has 2 aromatic rings. The van der Waals surface area contributed by atoms with Gasteiger partial charge < -0.3 is 0 Å². The van der Waals surface area contributed by atoms with Gasteiger partial charge in [0.05, 0.1) is 12.2 Å². The molecule has 0 aliphatic heterocycles. The van der Waals surface area contributed by atoms with Gasteiger partial charge in [-0.25, -0.2) is 4.98 Å². The number of hydrogen-bond donors (Lipinski definition) is 0. The maximum atomic E-state index is 4.48. The van der Waals surface area contributed by atoms with Crippen molar-refractivity contribution in [3.05, 3.63) is 45.7 Å². The zero-order valence-electron chi connectivity index (χ0n) is 11.2. The van der Waals surface area contributed by atoms with Gasteiger partial charge >= 0.3 is 0 Å². The van der Waals surface area contributed by atoms with Crippen LogP contribution in [0.5, 0.6) is 0 Å². The van der Waals surface area contributed by atoms with Crippen LogP contribution in [0.1, 0.15) is 28.9 Å². The number of pyridine rings is 1. The Morgan fingerprint density at radius 1 is 1.28 bits per heavy atom. The summed E-state index contributed by atoms with van der Waals surface area (Å²) in [5.74, 6) is 0. The molecule has 0 aromatic carbocycles. The normalized spacial score (nSPS) is 11.1. The number of hydrogen-bond acceptors (Lipinski definition) is 4. The Kier molecular flexibility index (Phi) is 4.44. The summed E-state index contributed by atoms with van der Waals surface area (Å²) in [4.78, 5) is 11.2. The lowest BCUT2D eigenvalue weighted by Gasteiger charge is -2.14. The Bertz CT molecular complexity index is 490. The van der Waals surface area contributed by atoms with Gasteiger partial charge in [0.1, 0.15) is 5.01 Å². The van der Waals surface area contributed by atoms with Gasteiger partial charge in [-0.05, 0) is 32.0 Å². The van der Waals surface area contributed by atoms with Crippen LogP contribution in [0.2, 0.25) is 0 Å². The van der Waals surface area contributed by atoms with Crippen molar-refractivity contribution in [2.75, 3.05) is 7.05 Å². The first kappa shape index (κ1) is 13.2. The molecule has 0 unspecified atom stereocenters. The van der Waals surface area contributed by atoms with Crippen molar-refractivity contribution in [3.63, 3.8) is 0 Å². The van der Waals surface area contributed by atoms with Gasteiger partial charge in [-0.1, -0.05) is 13.0 Å². The fraction of sp³-hybridized carbons (Fsp3) is 0.429. The summed E-state index contributed by atoms with van der Waals surface area (Å²) >= 11 is 1.72. The Hall–Kier alpha value is -1.26. The van der Waals surface area contributed by atoms with Crippen molar-refractivity contribution in [2.24, 2.45) is 0 Å². The van der Waals surface area contributed by atoms with Crippen LogP contribution in [0.25, 0.3) is 0 Å². The van der Waals surface area contributed by atoms with Gasteiger partial charge in [-0.15, -0.1) is 11.3 Å². The van der Waals surface area contributed by atoms with E-state index in [9.17, 15) is 0 Å². The molecule has 0 atom stereocenters. The second kappa shape index (κ2) is 6.07. The highest BCUT2D eigenvalue weighted by molar-refractivity contribution is 7.09. The molecule has 3 nitrogen and oxygen atoms in total. The Morgan fingerprint density at radius 3 is 2.67 bits per heavy atom. The summed E-state index contributed by atoms with van der Waals surface area (Å²) in [6.45, 7) is 5.93. The van der Waals surface area contributed by atoms with E-state index in [0.29, 0.717) is 0 Å². The first-order valence-corrected chi connectivity index (χ1v) is 7.08. The van der Waals surface area contributed by atoms with Crippen LogP contribution in [-0.4, -0.2) is 21.9 Å². The van der Waals surface area contributed by atoms with E-state index < -0.39 is 0 Å². The minimum absolute atomic E-state index is 0.864. The predicted octanol–water partition coefficient (Wildman–Crippen LogP) is 3.04.